The number of aliphatic hydroxyl groups excluding tert-OH is 1. The number of rotatable bonds is 4. The number of H-pyrrole nitrogens is 1. The Hall–Kier alpha value is -1.38. The Morgan fingerprint density at radius 1 is 1.13 bits per heavy atom. The molecule has 31 heavy (non-hydrogen) atoms. The predicted molar refractivity (Wildman–Crippen MR) is 110 cm³/mol. The van der Waals surface area contributed by atoms with Crippen LogP contribution in [0.5, 0.6) is 0 Å². The van der Waals surface area contributed by atoms with Crippen molar-refractivity contribution in [1.82, 2.24) is 14.5 Å². The molecule has 0 radical (unpaired) electrons. The summed E-state index contributed by atoms with van der Waals surface area (Å²) in [6.07, 6.45) is -0.748. The summed E-state index contributed by atoms with van der Waals surface area (Å²) in [5.41, 5.74) is -0.635. The Morgan fingerprint density at radius 3 is 2.26 bits per heavy atom. The van der Waals surface area contributed by atoms with Crippen LogP contribution in [0.4, 0.5) is 0 Å². The lowest BCUT2D eigenvalue weighted by Crippen LogP contribution is -2.64. The maximum atomic E-state index is 12.3. The molecule has 0 unspecified atom stereocenters. The highest BCUT2D eigenvalue weighted by molar-refractivity contribution is 6.53. The van der Waals surface area contributed by atoms with Crippen LogP contribution in [0, 0.1) is 6.92 Å². The quantitative estimate of drug-likeness (QED) is 0.575. The molecule has 5 rings (SSSR count). The van der Waals surface area contributed by atoms with E-state index in [1.54, 1.807) is 6.92 Å². The molecule has 4 aliphatic heterocycles. The van der Waals surface area contributed by atoms with Crippen molar-refractivity contribution in [3.63, 3.8) is 0 Å². The van der Waals surface area contributed by atoms with Crippen LogP contribution < -0.4 is 11.2 Å². The molecule has 0 spiro atoms. The second-order valence-electron chi connectivity index (χ2n) is 8.69. The van der Waals surface area contributed by atoms with E-state index in [-0.39, 0.29) is 31.3 Å². The number of hydrogen-bond donors (Lipinski definition) is 2. The summed E-state index contributed by atoms with van der Waals surface area (Å²) in [4.78, 5) is 28.5. The Balaban J connectivity index is 1.59. The van der Waals surface area contributed by atoms with Gasteiger partial charge in [0.2, 0.25) is 0 Å². The molecule has 4 fully saturated rings. The Morgan fingerprint density at radius 2 is 1.71 bits per heavy atom. The van der Waals surface area contributed by atoms with E-state index in [1.165, 1.54) is 10.8 Å². The van der Waals surface area contributed by atoms with Gasteiger partial charge in [-0.2, -0.15) is 0 Å². The fourth-order valence-electron chi connectivity index (χ4n) is 4.48. The number of aromatic amines is 1. The van der Waals surface area contributed by atoms with E-state index in [4.69, 9.17) is 22.4 Å². The molecule has 0 aromatic carbocycles. The van der Waals surface area contributed by atoms with Gasteiger partial charge in [0.1, 0.15) is 12.3 Å². The van der Waals surface area contributed by atoms with Gasteiger partial charge in [0, 0.05) is 37.8 Å². The molecule has 0 amide bonds. The normalized spacial score (nSPS) is 41.0. The molecule has 4 saturated heterocycles. The van der Waals surface area contributed by atoms with E-state index in [9.17, 15) is 14.7 Å². The molecule has 0 aliphatic carbocycles. The highest BCUT2D eigenvalue weighted by atomic mass is 28.4. The van der Waals surface area contributed by atoms with Crippen molar-refractivity contribution >= 4 is 9.05 Å². The molecule has 174 valence electrons. The van der Waals surface area contributed by atoms with E-state index < -0.39 is 38.7 Å². The van der Waals surface area contributed by atoms with Crippen LogP contribution in [-0.4, -0.2) is 85.4 Å². The van der Waals surface area contributed by atoms with Crippen LogP contribution in [0.15, 0.2) is 15.8 Å². The van der Waals surface area contributed by atoms with Gasteiger partial charge in [-0.1, -0.05) is 0 Å². The van der Waals surface area contributed by atoms with E-state index in [0.717, 1.165) is 19.6 Å². The number of aryl methyl sites for hydroxylation is 1. The van der Waals surface area contributed by atoms with E-state index in [1.807, 2.05) is 20.8 Å². The molecular weight excluding hydrogens is 426 g/mol. The number of ether oxygens (including phenoxy) is 1. The fourth-order valence-corrected chi connectivity index (χ4v) is 7.13. The standard InChI is InChI=1S/C19H31N3O8Si/c1-11-6-22(19(25)20-18(11)24)17-5-15(16(10-23)26-17)30-31-27-12(2)7-21(8-13(3)28-31)9-14(4)29-31/h6,12-17,23H,5,7-10H2,1-4H3,(H,20,24,25)/t12-,13-,14-,15+,16-,17-/m1/s1. The van der Waals surface area contributed by atoms with Crippen LogP contribution >= 0.6 is 0 Å². The number of nitrogens with one attached hydrogen (secondary N) is 1. The van der Waals surface area contributed by atoms with Crippen LogP contribution in [0.25, 0.3) is 0 Å². The average Bonchev–Trinajstić information content (AvgIpc) is 3.04. The summed E-state index contributed by atoms with van der Waals surface area (Å²) < 4.78 is 32.3. The second-order valence-corrected chi connectivity index (χ2v) is 10.6. The molecular formula is C19H31N3O8Si. The smallest absolute Gasteiger partial charge is 0.394 e. The van der Waals surface area contributed by atoms with Gasteiger partial charge in [0.05, 0.1) is 31.0 Å². The maximum Gasteiger partial charge on any atom is 0.680 e. The van der Waals surface area contributed by atoms with Gasteiger partial charge in [-0.3, -0.25) is 19.2 Å². The molecule has 1 aromatic heterocycles. The van der Waals surface area contributed by atoms with Crippen LogP contribution in [-0.2, 0) is 22.4 Å². The summed E-state index contributed by atoms with van der Waals surface area (Å²) in [5.74, 6) is 0. The Labute approximate surface area is 181 Å². The van der Waals surface area contributed by atoms with Gasteiger partial charge in [-0.05, 0) is 27.7 Å². The van der Waals surface area contributed by atoms with Gasteiger partial charge in [-0.15, -0.1) is 0 Å². The first-order valence-electron chi connectivity index (χ1n) is 10.7. The molecule has 2 N–H and O–H groups in total. The first kappa shape index (κ1) is 22.8. The Bertz CT molecular complexity index is 871. The predicted octanol–water partition coefficient (Wildman–Crippen LogP) is -0.510. The molecule has 2 bridgehead atoms. The molecule has 4 aliphatic rings. The fraction of sp³-hybridized carbons (Fsp3) is 0.789. The van der Waals surface area contributed by atoms with Crippen LogP contribution in [0.2, 0.25) is 0 Å². The number of aliphatic hydroxyl groups is 1. The van der Waals surface area contributed by atoms with Crippen molar-refractivity contribution < 1.29 is 27.5 Å². The molecule has 11 nitrogen and oxygen atoms in total. The SMILES string of the molecule is Cc1cn([C@H]2C[C@H](O[Si]34O[C@H](C)CN(C[C@@H](C)O3)C[C@@H](C)O4)[C@@H](CO)O2)c(=O)[nH]c1=O. The maximum absolute atomic E-state index is 12.3. The summed E-state index contributed by atoms with van der Waals surface area (Å²) in [6.45, 7) is 9.41. The summed E-state index contributed by atoms with van der Waals surface area (Å²) in [7, 11) is -3.57. The number of fused-ring (bicyclic) bond motifs is 6. The molecule has 0 saturated carbocycles. The lowest BCUT2D eigenvalue weighted by Gasteiger charge is -2.44. The zero-order valence-corrected chi connectivity index (χ0v) is 19.3. The van der Waals surface area contributed by atoms with Crippen molar-refractivity contribution in [3.05, 3.63) is 32.6 Å². The summed E-state index contributed by atoms with van der Waals surface area (Å²) in [6, 6.07) is 0. The highest BCUT2D eigenvalue weighted by Crippen LogP contribution is 2.34. The monoisotopic (exact) mass is 457 g/mol. The molecule has 1 aromatic rings. The van der Waals surface area contributed by atoms with Crippen molar-refractivity contribution in [2.24, 2.45) is 0 Å². The van der Waals surface area contributed by atoms with Crippen LogP contribution in [0.1, 0.15) is 39.0 Å². The van der Waals surface area contributed by atoms with Crippen LogP contribution in [0.3, 0.4) is 0 Å². The minimum Gasteiger partial charge on any atom is -0.394 e. The summed E-state index contributed by atoms with van der Waals surface area (Å²) >= 11 is 0. The lowest BCUT2D eigenvalue weighted by molar-refractivity contribution is -0.148. The summed E-state index contributed by atoms with van der Waals surface area (Å²) in [5, 5.41) is 9.91. The third-order valence-electron chi connectivity index (χ3n) is 5.69. The Kier molecular flexibility index (Phi) is 6.52. The number of nitrogens with zero attached hydrogens (tertiary/aromatic N) is 2. The molecule has 5 heterocycles. The van der Waals surface area contributed by atoms with Gasteiger partial charge in [0.15, 0.2) is 0 Å². The third-order valence-corrected chi connectivity index (χ3v) is 8.36. The van der Waals surface area contributed by atoms with Crippen molar-refractivity contribution in [2.45, 2.75) is 70.9 Å². The van der Waals surface area contributed by atoms with Crippen molar-refractivity contribution in [3.8, 4) is 0 Å². The first-order valence-corrected chi connectivity index (χ1v) is 12.3. The van der Waals surface area contributed by atoms with Gasteiger partial charge in [0.25, 0.3) is 5.56 Å². The minimum atomic E-state index is -3.57. The largest absolute Gasteiger partial charge is 0.680 e. The highest BCUT2D eigenvalue weighted by Gasteiger charge is 2.56. The van der Waals surface area contributed by atoms with E-state index in [0.29, 0.717) is 5.56 Å². The number of hydrogen-bond acceptors (Lipinski definition) is 9. The molecule has 12 heteroatoms. The second kappa shape index (κ2) is 8.87. The van der Waals surface area contributed by atoms with E-state index in [2.05, 4.69) is 9.88 Å². The zero-order valence-electron chi connectivity index (χ0n) is 18.3. The number of aromatic nitrogens is 2. The average molecular weight is 458 g/mol. The first-order chi connectivity index (χ1) is 14.7. The van der Waals surface area contributed by atoms with Gasteiger partial charge < -0.3 is 27.5 Å². The topological polar surface area (TPSA) is 124 Å². The minimum absolute atomic E-state index is 0.151. The van der Waals surface area contributed by atoms with Crippen molar-refractivity contribution in [1.29, 1.82) is 0 Å². The lowest BCUT2D eigenvalue weighted by atomic mass is 10.2. The van der Waals surface area contributed by atoms with Gasteiger partial charge in [-0.25, -0.2) is 4.79 Å². The van der Waals surface area contributed by atoms with E-state index >= 15 is 0 Å². The zero-order chi connectivity index (χ0) is 22.3. The third kappa shape index (κ3) is 4.86. The molecule has 6 atom stereocenters. The van der Waals surface area contributed by atoms with Crippen molar-refractivity contribution in [2.75, 3.05) is 26.2 Å². The van der Waals surface area contributed by atoms with Gasteiger partial charge >= 0.3 is 14.7 Å².